The third-order valence-electron chi connectivity index (χ3n) is 2.72. The molecule has 0 unspecified atom stereocenters. The Kier molecular flexibility index (Phi) is 3.22. The predicted octanol–water partition coefficient (Wildman–Crippen LogP) is 3.63. The van der Waals surface area contributed by atoms with Crippen molar-refractivity contribution in [3.8, 4) is 9.75 Å². The molecule has 0 aromatic carbocycles. The summed E-state index contributed by atoms with van der Waals surface area (Å²) in [6.07, 6.45) is 0.943. The van der Waals surface area contributed by atoms with Gasteiger partial charge in [-0.05, 0) is 35.9 Å². The van der Waals surface area contributed by atoms with Crippen LogP contribution in [-0.2, 0) is 6.42 Å². The first-order chi connectivity index (χ1) is 8.06. The molecule has 3 nitrogen and oxygen atoms in total. The third kappa shape index (κ3) is 1.96. The van der Waals surface area contributed by atoms with E-state index in [0.717, 1.165) is 21.7 Å². The second-order valence-corrected chi connectivity index (χ2v) is 5.67. The van der Waals surface area contributed by atoms with Crippen molar-refractivity contribution in [1.29, 1.82) is 0 Å². The first kappa shape index (κ1) is 12.1. The van der Waals surface area contributed by atoms with Crippen molar-refractivity contribution in [1.82, 2.24) is 0 Å². The summed E-state index contributed by atoms with van der Waals surface area (Å²) in [7, 11) is 0. The summed E-state index contributed by atoms with van der Waals surface area (Å²) in [6.45, 7) is 3.97. The van der Waals surface area contributed by atoms with Gasteiger partial charge in [0.15, 0.2) is 0 Å². The van der Waals surface area contributed by atoms with Crippen LogP contribution < -0.4 is 5.73 Å². The molecule has 0 bridgehead atoms. The highest BCUT2D eigenvalue weighted by atomic mass is 32.1. The second kappa shape index (κ2) is 4.50. The number of anilines is 1. The summed E-state index contributed by atoms with van der Waals surface area (Å²) in [6, 6.07) is 2.08. The number of nitrogen functional groups attached to an aromatic ring is 1. The molecule has 0 saturated carbocycles. The van der Waals surface area contributed by atoms with Crippen molar-refractivity contribution in [2.75, 3.05) is 5.73 Å². The maximum atomic E-state index is 11.0. The summed E-state index contributed by atoms with van der Waals surface area (Å²) < 4.78 is 0. The molecule has 17 heavy (non-hydrogen) atoms. The lowest BCUT2D eigenvalue weighted by Gasteiger charge is -2.00. The molecule has 0 aliphatic heterocycles. The molecule has 0 amide bonds. The van der Waals surface area contributed by atoms with E-state index in [1.807, 2.05) is 12.3 Å². The predicted molar refractivity (Wildman–Crippen MR) is 73.1 cm³/mol. The molecule has 0 spiro atoms. The SMILES string of the molecule is CCc1ccsc1-c1sc(C(=O)O)c(N)c1C. The molecule has 2 aromatic rings. The van der Waals surface area contributed by atoms with E-state index in [9.17, 15) is 4.79 Å². The van der Waals surface area contributed by atoms with Crippen molar-refractivity contribution in [2.45, 2.75) is 20.3 Å². The number of carboxylic acids is 1. The number of thiophene rings is 2. The van der Waals surface area contributed by atoms with E-state index in [4.69, 9.17) is 10.8 Å². The van der Waals surface area contributed by atoms with Crippen LogP contribution in [0.3, 0.4) is 0 Å². The van der Waals surface area contributed by atoms with Crippen molar-refractivity contribution >= 4 is 34.3 Å². The van der Waals surface area contributed by atoms with E-state index in [2.05, 4.69) is 13.0 Å². The van der Waals surface area contributed by atoms with Crippen LogP contribution in [0, 0.1) is 6.92 Å². The number of carboxylic acid groups (broad SMARTS) is 1. The zero-order valence-corrected chi connectivity index (χ0v) is 11.2. The van der Waals surface area contributed by atoms with Crippen LogP contribution >= 0.6 is 22.7 Å². The Labute approximate surface area is 108 Å². The van der Waals surface area contributed by atoms with Gasteiger partial charge in [0.05, 0.1) is 10.6 Å². The highest BCUT2D eigenvalue weighted by Crippen LogP contribution is 2.42. The fourth-order valence-electron chi connectivity index (χ4n) is 1.72. The molecular formula is C12H13NO2S2. The Morgan fingerprint density at radius 1 is 1.47 bits per heavy atom. The second-order valence-electron chi connectivity index (χ2n) is 3.73. The highest BCUT2D eigenvalue weighted by Gasteiger charge is 2.20. The van der Waals surface area contributed by atoms with Crippen molar-refractivity contribution in [2.24, 2.45) is 0 Å². The van der Waals surface area contributed by atoms with Crippen LogP contribution in [-0.4, -0.2) is 11.1 Å². The fraction of sp³-hybridized carbons (Fsp3) is 0.250. The highest BCUT2D eigenvalue weighted by molar-refractivity contribution is 7.23. The van der Waals surface area contributed by atoms with E-state index in [-0.39, 0.29) is 4.88 Å². The Morgan fingerprint density at radius 2 is 2.18 bits per heavy atom. The molecule has 0 saturated heterocycles. The molecule has 2 rings (SSSR count). The lowest BCUT2D eigenvalue weighted by Crippen LogP contribution is -1.97. The molecule has 0 aliphatic rings. The molecule has 0 atom stereocenters. The third-order valence-corrected chi connectivity index (χ3v) is 5.14. The summed E-state index contributed by atoms with van der Waals surface area (Å²) >= 11 is 2.90. The van der Waals surface area contributed by atoms with Gasteiger partial charge < -0.3 is 10.8 Å². The minimum absolute atomic E-state index is 0.243. The van der Waals surface area contributed by atoms with Gasteiger partial charge in [-0.25, -0.2) is 4.79 Å². The number of aromatic carboxylic acids is 1. The Morgan fingerprint density at radius 3 is 2.71 bits per heavy atom. The molecular weight excluding hydrogens is 254 g/mol. The van der Waals surface area contributed by atoms with Gasteiger partial charge in [-0.2, -0.15) is 0 Å². The van der Waals surface area contributed by atoms with Gasteiger partial charge in [-0.15, -0.1) is 22.7 Å². The van der Waals surface area contributed by atoms with Crippen LogP contribution in [0.5, 0.6) is 0 Å². The maximum absolute atomic E-state index is 11.0. The fourth-order valence-corrected chi connectivity index (χ4v) is 4.02. The minimum atomic E-state index is -0.948. The standard InChI is InChI=1S/C12H13NO2S2/c1-3-7-4-5-16-10(7)9-6(2)8(13)11(17-9)12(14)15/h4-5H,3,13H2,1-2H3,(H,14,15). The van der Waals surface area contributed by atoms with Crippen molar-refractivity contribution in [3.05, 3.63) is 27.5 Å². The van der Waals surface area contributed by atoms with Gasteiger partial charge in [0.1, 0.15) is 4.88 Å². The van der Waals surface area contributed by atoms with E-state index in [1.165, 1.54) is 16.9 Å². The Balaban J connectivity index is 2.61. The number of rotatable bonds is 3. The van der Waals surface area contributed by atoms with Gasteiger partial charge in [0, 0.05) is 4.88 Å². The van der Waals surface area contributed by atoms with Gasteiger partial charge in [0.25, 0.3) is 0 Å². The number of carbonyl (C=O) groups is 1. The number of hydrogen-bond donors (Lipinski definition) is 2. The van der Waals surface area contributed by atoms with Crippen LogP contribution in [0.2, 0.25) is 0 Å². The van der Waals surface area contributed by atoms with E-state index >= 15 is 0 Å². The molecule has 5 heteroatoms. The van der Waals surface area contributed by atoms with Gasteiger partial charge in [0.2, 0.25) is 0 Å². The average Bonchev–Trinajstić information content (AvgIpc) is 2.85. The van der Waals surface area contributed by atoms with Crippen LogP contribution in [0.4, 0.5) is 5.69 Å². The molecule has 0 aliphatic carbocycles. The molecule has 90 valence electrons. The molecule has 2 heterocycles. The minimum Gasteiger partial charge on any atom is -0.477 e. The van der Waals surface area contributed by atoms with Gasteiger partial charge in [-0.1, -0.05) is 6.92 Å². The van der Waals surface area contributed by atoms with Gasteiger partial charge in [-0.3, -0.25) is 0 Å². The lowest BCUT2D eigenvalue weighted by atomic mass is 10.1. The molecule has 2 aromatic heterocycles. The van der Waals surface area contributed by atoms with E-state index in [0.29, 0.717) is 5.69 Å². The first-order valence-electron chi connectivity index (χ1n) is 5.25. The van der Waals surface area contributed by atoms with Crippen LogP contribution in [0.15, 0.2) is 11.4 Å². The van der Waals surface area contributed by atoms with E-state index in [1.54, 1.807) is 11.3 Å². The summed E-state index contributed by atoms with van der Waals surface area (Å²) in [5, 5.41) is 11.1. The largest absolute Gasteiger partial charge is 0.477 e. The maximum Gasteiger partial charge on any atom is 0.348 e. The zero-order valence-electron chi connectivity index (χ0n) is 9.61. The number of hydrogen-bond acceptors (Lipinski definition) is 4. The molecule has 0 radical (unpaired) electrons. The summed E-state index contributed by atoms with van der Waals surface area (Å²) in [4.78, 5) is 13.4. The quantitative estimate of drug-likeness (QED) is 0.892. The number of aryl methyl sites for hydroxylation is 1. The smallest absolute Gasteiger partial charge is 0.348 e. The Bertz CT molecular complexity index is 569. The van der Waals surface area contributed by atoms with E-state index < -0.39 is 5.97 Å². The average molecular weight is 267 g/mol. The number of nitrogens with two attached hydrogens (primary N) is 1. The van der Waals surface area contributed by atoms with Crippen LogP contribution in [0.1, 0.15) is 27.7 Å². The zero-order chi connectivity index (χ0) is 12.6. The summed E-state index contributed by atoms with van der Waals surface area (Å²) in [5.41, 5.74) is 8.36. The molecule has 3 N–H and O–H groups in total. The normalized spacial score (nSPS) is 10.7. The van der Waals surface area contributed by atoms with Crippen LogP contribution in [0.25, 0.3) is 9.75 Å². The first-order valence-corrected chi connectivity index (χ1v) is 6.94. The van der Waals surface area contributed by atoms with Gasteiger partial charge >= 0.3 is 5.97 Å². The molecule has 0 fully saturated rings. The van der Waals surface area contributed by atoms with Crippen molar-refractivity contribution < 1.29 is 9.90 Å². The topological polar surface area (TPSA) is 63.3 Å². The van der Waals surface area contributed by atoms with Crippen molar-refractivity contribution in [3.63, 3.8) is 0 Å². The lowest BCUT2D eigenvalue weighted by molar-refractivity contribution is 0.0703. The monoisotopic (exact) mass is 267 g/mol. The summed E-state index contributed by atoms with van der Waals surface area (Å²) in [5.74, 6) is -0.948. The Hall–Kier alpha value is -1.33.